The third-order valence-corrected chi connectivity index (χ3v) is 1.75. The van der Waals surface area contributed by atoms with E-state index in [4.69, 9.17) is 5.73 Å². The van der Waals surface area contributed by atoms with Crippen LogP contribution in [0.3, 0.4) is 0 Å². The van der Waals surface area contributed by atoms with Crippen LogP contribution in [0.2, 0.25) is 0 Å². The van der Waals surface area contributed by atoms with E-state index < -0.39 is 0 Å². The molecule has 0 bridgehead atoms. The smallest absolute Gasteiger partial charge is 0.102 e. The standard InChI is InChI=1S/C8H19FN2/c1-8(2)11(7-4-9)6-3-5-10/h8H,3-7,10H2,1-2H3. The van der Waals surface area contributed by atoms with E-state index in [9.17, 15) is 4.39 Å². The van der Waals surface area contributed by atoms with Gasteiger partial charge in [0, 0.05) is 12.6 Å². The molecule has 0 aliphatic heterocycles. The quantitative estimate of drug-likeness (QED) is 0.631. The van der Waals surface area contributed by atoms with Gasteiger partial charge < -0.3 is 5.73 Å². The van der Waals surface area contributed by atoms with Crippen molar-refractivity contribution in [1.29, 1.82) is 0 Å². The van der Waals surface area contributed by atoms with Crippen molar-refractivity contribution in [2.24, 2.45) is 5.73 Å². The van der Waals surface area contributed by atoms with Crippen LogP contribution >= 0.6 is 0 Å². The molecule has 68 valence electrons. The molecule has 0 heterocycles. The summed E-state index contributed by atoms with van der Waals surface area (Å²) in [5.41, 5.74) is 5.35. The van der Waals surface area contributed by atoms with Crippen LogP contribution in [0.5, 0.6) is 0 Å². The molecule has 0 aromatic rings. The lowest BCUT2D eigenvalue weighted by Crippen LogP contribution is -2.34. The van der Waals surface area contributed by atoms with Gasteiger partial charge in [0.1, 0.15) is 6.67 Å². The van der Waals surface area contributed by atoms with Gasteiger partial charge in [-0.3, -0.25) is 4.90 Å². The summed E-state index contributed by atoms with van der Waals surface area (Å²) in [5, 5.41) is 0. The minimum Gasteiger partial charge on any atom is -0.330 e. The first-order chi connectivity index (χ1) is 5.22. The van der Waals surface area contributed by atoms with Crippen LogP contribution in [0.1, 0.15) is 20.3 Å². The molecule has 0 spiro atoms. The van der Waals surface area contributed by atoms with Crippen LogP contribution in [0.4, 0.5) is 4.39 Å². The highest BCUT2D eigenvalue weighted by Gasteiger charge is 2.06. The summed E-state index contributed by atoms with van der Waals surface area (Å²) in [4.78, 5) is 2.10. The van der Waals surface area contributed by atoms with Crippen LogP contribution in [0.25, 0.3) is 0 Å². The molecule has 0 radical (unpaired) electrons. The van der Waals surface area contributed by atoms with Gasteiger partial charge in [0.15, 0.2) is 0 Å². The maximum Gasteiger partial charge on any atom is 0.102 e. The van der Waals surface area contributed by atoms with Gasteiger partial charge in [-0.05, 0) is 33.4 Å². The number of alkyl halides is 1. The molecule has 0 fully saturated rings. The summed E-state index contributed by atoms with van der Waals surface area (Å²) in [6, 6.07) is 0.428. The maximum atomic E-state index is 12.0. The number of halogens is 1. The third kappa shape index (κ3) is 5.16. The molecule has 0 saturated carbocycles. The fraction of sp³-hybridized carbons (Fsp3) is 1.00. The van der Waals surface area contributed by atoms with Gasteiger partial charge >= 0.3 is 0 Å². The largest absolute Gasteiger partial charge is 0.330 e. The zero-order valence-electron chi connectivity index (χ0n) is 7.52. The lowest BCUT2D eigenvalue weighted by molar-refractivity contribution is 0.202. The van der Waals surface area contributed by atoms with Crippen LogP contribution in [0, 0.1) is 0 Å². The van der Waals surface area contributed by atoms with Gasteiger partial charge in [0.25, 0.3) is 0 Å². The van der Waals surface area contributed by atoms with Gasteiger partial charge in [-0.2, -0.15) is 0 Å². The zero-order chi connectivity index (χ0) is 8.69. The second-order valence-electron chi connectivity index (χ2n) is 2.96. The minimum absolute atomic E-state index is 0.261. The second-order valence-corrected chi connectivity index (χ2v) is 2.96. The van der Waals surface area contributed by atoms with E-state index in [2.05, 4.69) is 18.7 Å². The summed E-state index contributed by atoms with van der Waals surface area (Å²) in [5.74, 6) is 0. The molecule has 0 atom stereocenters. The van der Waals surface area contributed by atoms with Gasteiger partial charge in [-0.25, -0.2) is 4.39 Å². The molecule has 3 heteroatoms. The first kappa shape index (κ1) is 10.8. The average molecular weight is 162 g/mol. The molecule has 0 aliphatic carbocycles. The number of rotatable bonds is 6. The van der Waals surface area contributed by atoms with E-state index in [-0.39, 0.29) is 6.67 Å². The van der Waals surface area contributed by atoms with Gasteiger partial charge in [0.2, 0.25) is 0 Å². The lowest BCUT2D eigenvalue weighted by atomic mass is 10.3. The summed E-state index contributed by atoms with van der Waals surface area (Å²) in [6.07, 6.45) is 0.957. The predicted molar refractivity (Wildman–Crippen MR) is 46.4 cm³/mol. The van der Waals surface area contributed by atoms with Crippen LogP contribution < -0.4 is 5.73 Å². The van der Waals surface area contributed by atoms with E-state index in [1.165, 1.54) is 0 Å². The molecule has 0 amide bonds. The van der Waals surface area contributed by atoms with Gasteiger partial charge in [-0.15, -0.1) is 0 Å². The van der Waals surface area contributed by atoms with Crippen LogP contribution in [-0.2, 0) is 0 Å². The molecule has 2 nitrogen and oxygen atoms in total. The molecular formula is C8H19FN2. The third-order valence-electron chi connectivity index (χ3n) is 1.75. The van der Waals surface area contributed by atoms with E-state index in [1.54, 1.807) is 0 Å². The zero-order valence-corrected chi connectivity index (χ0v) is 7.52. The molecule has 0 aromatic carbocycles. The van der Waals surface area contributed by atoms with E-state index in [0.29, 0.717) is 19.1 Å². The van der Waals surface area contributed by atoms with Crippen molar-refractivity contribution in [3.05, 3.63) is 0 Å². The van der Waals surface area contributed by atoms with E-state index in [0.717, 1.165) is 13.0 Å². The molecule has 0 saturated heterocycles. The number of hydrogen-bond acceptors (Lipinski definition) is 2. The Morgan fingerprint density at radius 1 is 1.36 bits per heavy atom. The molecule has 0 aliphatic rings. The van der Waals surface area contributed by atoms with Crippen molar-refractivity contribution in [3.63, 3.8) is 0 Å². The Kier molecular flexibility index (Phi) is 6.46. The fourth-order valence-corrected chi connectivity index (χ4v) is 1.03. The minimum atomic E-state index is -0.261. The number of hydrogen-bond donors (Lipinski definition) is 1. The molecular weight excluding hydrogens is 143 g/mol. The van der Waals surface area contributed by atoms with Crippen molar-refractivity contribution >= 4 is 0 Å². The number of nitrogens with zero attached hydrogens (tertiary/aromatic N) is 1. The highest BCUT2D eigenvalue weighted by Crippen LogP contribution is 1.98. The summed E-state index contributed by atoms with van der Waals surface area (Å²) in [7, 11) is 0. The molecule has 0 rings (SSSR count). The van der Waals surface area contributed by atoms with Crippen molar-refractivity contribution in [1.82, 2.24) is 4.90 Å². The van der Waals surface area contributed by atoms with Crippen LogP contribution in [-0.4, -0.2) is 37.3 Å². The predicted octanol–water partition coefficient (Wildman–Crippen LogP) is 1.02. The topological polar surface area (TPSA) is 29.3 Å². The second kappa shape index (κ2) is 6.55. The summed E-state index contributed by atoms with van der Waals surface area (Å²) in [6.45, 7) is 6.03. The molecule has 0 unspecified atom stereocenters. The van der Waals surface area contributed by atoms with Crippen molar-refractivity contribution in [3.8, 4) is 0 Å². The van der Waals surface area contributed by atoms with E-state index in [1.807, 2.05) is 0 Å². The maximum absolute atomic E-state index is 12.0. The van der Waals surface area contributed by atoms with Crippen LogP contribution in [0.15, 0.2) is 0 Å². The Balaban J connectivity index is 3.51. The Bertz CT molecular complexity index is 86.2. The molecule has 2 N–H and O–H groups in total. The Morgan fingerprint density at radius 3 is 2.36 bits per heavy atom. The summed E-state index contributed by atoms with van der Waals surface area (Å²) < 4.78 is 12.0. The SMILES string of the molecule is CC(C)N(CCF)CCCN. The molecule has 0 aromatic heterocycles. The van der Waals surface area contributed by atoms with Crippen molar-refractivity contribution in [2.75, 3.05) is 26.3 Å². The molecule has 11 heavy (non-hydrogen) atoms. The lowest BCUT2D eigenvalue weighted by Gasteiger charge is -2.24. The van der Waals surface area contributed by atoms with Crippen molar-refractivity contribution < 1.29 is 4.39 Å². The number of nitrogens with two attached hydrogens (primary N) is 1. The normalized spacial score (nSPS) is 11.5. The monoisotopic (exact) mass is 162 g/mol. The van der Waals surface area contributed by atoms with E-state index >= 15 is 0 Å². The van der Waals surface area contributed by atoms with Gasteiger partial charge in [-0.1, -0.05) is 0 Å². The Morgan fingerprint density at radius 2 is 2.00 bits per heavy atom. The highest BCUT2D eigenvalue weighted by molar-refractivity contribution is 4.62. The van der Waals surface area contributed by atoms with Crippen molar-refractivity contribution in [2.45, 2.75) is 26.3 Å². The highest BCUT2D eigenvalue weighted by atomic mass is 19.1. The first-order valence-electron chi connectivity index (χ1n) is 4.22. The first-order valence-corrected chi connectivity index (χ1v) is 4.22. The summed E-state index contributed by atoms with van der Waals surface area (Å²) >= 11 is 0. The Hall–Kier alpha value is -0.150. The Labute approximate surface area is 68.6 Å². The van der Waals surface area contributed by atoms with Gasteiger partial charge in [0.05, 0.1) is 0 Å². The fourth-order valence-electron chi connectivity index (χ4n) is 1.03. The average Bonchev–Trinajstić information content (AvgIpc) is 1.97.